The van der Waals surface area contributed by atoms with Crippen molar-refractivity contribution in [1.82, 2.24) is 35.6 Å². The highest BCUT2D eigenvalue weighted by Crippen LogP contribution is 2.24. The predicted octanol–water partition coefficient (Wildman–Crippen LogP) is 0.749. The summed E-state index contributed by atoms with van der Waals surface area (Å²) in [5, 5.41) is 23.1. The Bertz CT molecular complexity index is 403. The number of nitrogens with zero attached hydrogens (tertiary/aromatic N) is 7. The molecule has 0 aromatic carbocycles. The van der Waals surface area contributed by atoms with Gasteiger partial charge < -0.3 is 0 Å². The summed E-state index contributed by atoms with van der Waals surface area (Å²) in [6.07, 6.45) is 5.36. The Morgan fingerprint density at radius 2 is 1.53 bits per heavy atom. The second kappa shape index (κ2) is 5.33. The summed E-state index contributed by atoms with van der Waals surface area (Å²) in [4.78, 5) is 4.18. The van der Waals surface area contributed by atoms with Crippen LogP contribution in [0.5, 0.6) is 0 Å². The fourth-order valence-corrected chi connectivity index (χ4v) is 1.63. The first-order valence-corrected chi connectivity index (χ1v) is 5.41. The van der Waals surface area contributed by atoms with Crippen molar-refractivity contribution < 1.29 is 0 Å². The third-order valence-electron chi connectivity index (χ3n) is 2.51. The average molecular weight is 231 g/mol. The number of hydrogen-bond donors (Lipinski definition) is 0. The van der Waals surface area contributed by atoms with Gasteiger partial charge in [0.15, 0.2) is 18.0 Å². The lowest BCUT2D eigenvalue weighted by atomic mass is 9.96. The van der Waals surface area contributed by atoms with E-state index in [4.69, 9.17) is 0 Å². The fourth-order valence-electron chi connectivity index (χ4n) is 1.63. The van der Waals surface area contributed by atoms with Crippen LogP contribution in [0.15, 0.2) is 18.7 Å². The molecule has 17 heavy (non-hydrogen) atoms. The molecule has 2 aromatic heterocycles. The molecule has 7 heteroatoms. The van der Waals surface area contributed by atoms with E-state index in [2.05, 4.69) is 42.5 Å². The summed E-state index contributed by atoms with van der Waals surface area (Å²) in [5.74, 6) is 1.73. The molecule has 0 N–H and O–H groups in total. The Morgan fingerprint density at radius 1 is 0.882 bits per heavy atom. The van der Waals surface area contributed by atoms with Gasteiger partial charge in [-0.25, -0.2) is 4.98 Å². The lowest BCUT2D eigenvalue weighted by molar-refractivity contribution is 0.527. The van der Waals surface area contributed by atoms with Gasteiger partial charge in [0.05, 0.1) is 6.20 Å². The normalized spacial score (nSPS) is 14.2. The first-order chi connectivity index (χ1) is 8.27. The monoisotopic (exact) mass is 231 g/mol. The van der Waals surface area contributed by atoms with Gasteiger partial charge >= 0.3 is 0 Å². The minimum Gasteiger partial charge on any atom is -0.237 e. The molecule has 0 amide bonds. The molecule has 0 fully saturated rings. The molecule has 7 nitrogen and oxygen atoms in total. The third-order valence-corrected chi connectivity index (χ3v) is 2.51. The van der Waals surface area contributed by atoms with Crippen molar-refractivity contribution in [1.29, 1.82) is 0 Å². The van der Waals surface area contributed by atoms with Crippen LogP contribution in [0.3, 0.4) is 0 Å². The van der Waals surface area contributed by atoms with Crippen LogP contribution in [0.4, 0.5) is 0 Å². The lowest BCUT2D eigenvalue weighted by Gasteiger charge is -2.13. The molecule has 0 aliphatic carbocycles. The number of rotatable bonds is 4. The number of hydrogen-bond acceptors (Lipinski definition) is 7. The van der Waals surface area contributed by atoms with Crippen molar-refractivity contribution in [3.05, 3.63) is 30.4 Å². The summed E-state index contributed by atoms with van der Waals surface area (Å²) >= 11 is 0. The molecule has 0 spiro atoms. The maximum absolute atomic E-state index is 4.18. The van der Waals surface area contributed by atoms with Gasteiger partial charge in [-0.3, -0.25) is 0 Å². The molecule has 0 aliphatic rings. The van der Waals surface area contributed by atoms with E-state index in [-0.39, 0.29) is 11.8 Å². The maximum atomic E-state index is 4.18. The summed E-state index contributed by atoms with van der Waals surface area (Å²) in [5.41, 5.74) is 0. The van der Waals surface area contributed by atoms with E-state index >= 15 is 0 Å². The van der Waals surface area contributed by atoms with Crippen molar-refractivity contribution >= 4 is 0 Å². The molecule has 0 aliphatic heterocycles. The van der Waals surface area contributed by atoms with E-state index in [9.17, 15) is 0 Å². The lowest BCUT2D eigenvalue weighted by Crippen LogP contribution is -2.09. The minimum absolute atomic E-state index is 0.162. The van der Waals surface area contributed by atoms with Crippen LogP contribution >= 0.6 is 0 Å². The maximum Gasteiger partial charge on any atom is 0.176 e. The standard InChI is InChI=1S/C10H13N7/c1-7(9-11-3-4-12-15-9)5-8(2)10-16-13-6-14-17-10/h3-4,6-8H,5H2,1-2H3. The molecule has 2 atom stereocenters. The van der Waals surface area contributed by atoms with Gasteiger partial charge in [-0.15, -0.1) is 25.5 Å². The van der Waals surface area contributed by atoms with Gasteiger partial charge in [-0.1, -0.05) is 13.8 Å². The van der Waals surface area contributed by atoms with Crippen LogP contribution in [-0.2, 0) is 0 Å². The average Bonchev–Trinajstić information content (AvgIpc) is 2.40. The topological polar surface area (TPSA) is 90.2 Å². The Labute approximate surface area is 98.8 Å². The Hall–Kier alpha value is -2.05. The Morgan fingerprint density at radius 3 is 2.18 bits per heavy atom. The highest BCUT2D eigenvalue weighted by Gasteiger charge is 2.17. The quantitative estimate of drug-likeness (QED) is 0.766. The fraction of sp³-hybridized carbons (Fsp3) is 0.500. The summed E-state index contributed by atoms with van der Waals surface area (Å²) in [6.45, 7) is 4.09. The van der Waals surface area contributed by atoms with Gasteiger partial charge in [-0.05, 0) is 6.42 Å². The molecule has 2 unspecified atom stereocenters. The molecule has 2 heterocycles. The SMILES string of the molecule is CC(CC(C)c1nncnn1)c1nccnn1. The van der Waals surface area contributed by atoms with E-state index in [1.54, 1.807) is 12.4 Å². The second-order valence-corrected chi connectivity index (χ2v) is 3.94. The van der Waals surface area contributed by atoms with E-state index in [0.717, 1.165) is 12.2 Å². The molecule has 88 valence electrons. The third kappa shape index (κ3) is 2.96. The van der Waals surface area contributed by atoms with E-state index in [1.807, 2.05) is 6.92 Å². The molecule has 0 saturated heterocycles. The zero-order valence-electron chi connectivity index (χ0n) is 9.72. The summed E-state index contributed by atoms with van der Waals surface area (Å²) in [6, 6.07) is 0. The summed E-state index contributed by atoms with van der Waals surface area (Å²) in [7, 11) is 0. The van der Waals surface area contributed by atoms with Gasteiger partial charge in [-0.2, -0.15) is 5.10 Å². The molecular formula is C10H13N7. The van der Waals surface area contributed by atoms with Gasteiger partial charge in [0.2, 0.25) is 0 Å². The minimum atomic E-state index is 0.162. The molecule has 0 saturated carbocycles. The smallest absolute Gasteiger partial charge is 0.176 e. The zero-order valence-corrected chi connectivity index (χ0v) is 9.72. The van der Waals surface area contributed by atoms with Crippen LogP contribution in [0.2, 0.25) is 0 Å². The first kappa shape index (κ1) is 11.4. The first-order valence-electron chi connectivity index (χ1n) is 5.41. The number of aromatic nitrogens is 7. The van der Waals surface area contributed by atoms with Gasteiger partial charge in [0.25, 0.3) is 0 Å². The predicted molar refractivity (Wildman–Crippen MR) is 58.9 cm³/mol. The largest absolute Gasteiger partial charge is 0.237 e. The molecule has 0 bridgehead atoms. The Kier molecular flexibility index (Phi) is 3.59. The zero-order chi connectivity index (χ0) is 12.1. The van der Waals surface area contributed by atoms with E-state index in [1.165, 1.54) is 6.33 Å². The van der Waals surface area contributed by atoms with Crippen LogP contribution < -0.4 is 0 Å². The highest BCUT2D eigenvalue weighted by molar-refractivity contribution is 4.97. The molecule has 0 radical (unpaired) electrons. The van der Waals surface area contributed by atoms with E-state index < -0.39 is 0 Å². The Balaban J connectivity index is 2.02. The second-order valence-electron chi connectivity index (χ2n) is 3.94. The van der Waals surface area contributed by atoms with Crippen molar-refractivity contribution in [3.8, 4) is 0 Å². The molecule has 2 rings (SSSR count). The van der Waals surface area contributed by atoms with Crippen LogP contribution in [0.25, 0.3) is 0 Å². The molecule has 2 aromatic rings. The molecular weight excluding hydrogens is 218 g/mol. The van der Waals surface area contributed by atoms with Gasteiger partial charge in [0.1, 0.15) is 0 Å². The van der Waals surface area contributed by atoms with Crippen LogP contribution in [0.1, 0.15) is 43.8 Å². The summed E-state index contributed by atoms with van der Waals surface area (Å²) < 4.78 is 0. The van der Waals surface area contributed by atoms with E-state index in [0.29, 0.717) is 5.82 Å². The van der Waals surface area contributed by atoms with Crippen LogP contribution in [-0.4, -0.2) is 35.6 Å². The van der Waals surface area contributed by atoms with Crippen molar-refractivity contribution in [2.24, 2.45) is 0 Å². The van der Waals surface area contributed by atoms with Crippen molar-refractivity contribution in [2.75, 3.05) is 0 Å². The van der Waals surface area contributed by atoms with Crippen LogP contribution in [0, 0.1) is 0 Å². The van der Waals surface area contributed by atoms with Crippen molar-refractivity contribution in [3.63, 3.8) is 0 Å². The van der Waals surface area contributed by atoms with Crippen molar-refractivity contribution in [2.45, 2.75) is 32.1 Å². The van der Waals surface area contributed by atoms with Gasteiger partial charge in [0, 0.05) is 18.0 Å². The highest BCUT2D eigenvalue weighted by atomic mass is 15.3.